The van der Waals surface area contributed by atoms with Crippen LogP contribution >= 0.6 is 0 Å². The van der Waals surface area contributed by atoms with Gasteiger partial charge >= 0.3 is 5.97 Å². The van der Waals surface area contributed by atoms with E-state index in [4.69, 9.17) is 0 Å². The summed E-state index contributed by atoms with van der Waals surface area (Å²) in [6.45, 7) is 3.90. The second-order valence-corrected chi connectivity index (χ2v) is 4.32. The number of benzene rings is 1. The van der Waals surface area contributed by atoms with Gasteiger partial charge in [0.15, 0.2) is 0 Å². The molecule has 19 heavy (non-hydrogen) atoms. The molecule has 0 unspecified atom stereocenters. The average molecular weight is 267 g/mol. The fourth-order valence-electron chi connectivity index (χ4n) is 1.79. The minimum absolute atomic E-state index is 0.126. The monoisotopic (exact) mass is 267 g/mol. The lowest BCUT2D eigenvalue weighted by molar-refractivity contribution is -0.141. The highest BCUT2D eigenvalue weighted by Gasteiger charge is 2.19. The maximum absolute atomic E-state index is 13.3. The summed E-state index contributed by atoms with van der Waals surface area (Å²) in [6.07, 6.45) is 0.705. The van der Waals surface area contributed by atoms with E-state index in [2.05, 4.69) is 4.74 Å². The van der Waals surface area contributed by atoms with Crippen LogP contribution in [0.3, 0.4) is 0 Å². The van der Waals surface area contributed by atoms with Crippen LogP contribution in [-0.4, -0.2) is 37.0 Å². The van der Waals surface area contributed by atoms with Gasteiger partial charge in [0, 0.05) is 12.1 Å². The molecule has 0 saturated carbocycles. The SMILES string of the molecule is CCCN(CC(=O)OC)C(=O)c1cc(C)cc(F)c1. The predicted molar refractivity (Wildman–Crippen MR) is 69.3 cm³/mol. The summed E-state index contributed by atoms with van der Waals surface area (Å²) in [5.41, 5.74) is 0.910. The van der Waals surface area contributed by atoms with Crippen LogP contribution in [0.15, 0.2) is 18.2 Å². The van der Waals surface area contributed by atoms with Crippen LogP contribution in [0.5, 0.6) is 0 Å². The lowest BCUT2D eigenvalue weighted by Gasteiger charge is -2.21. The highest BCUT2D eigenvalue weighted by atomic mass is 19.1. The third-order valence-corrected chi connectivity index (χ3v) is 2.62. The average Bonchev–Trinajstić information content (AvgIpc) is 2.36. The topological polar surface area (TPSA) is 46.6 Å². The van der Waals surface area contributed by atoms with Gasteiger partial charge in [-0.2, -0.15) is 0 Å². The zero-order valence-corrected chi connectivity index (χ0v) is 11.4. The number of carbonyl (C=O) groups excluding carboxylic acids is 2. The number of aryl methyl sites for hydroxylation is 1. The quantitative estimate of drug-likeness (QED) is 0.768. The molecular weight excluding hydrogens is 249 g/mol. The second-order valence-electron chi connectivity index (χ2n) is 4.32. The molecule has 0 heterocycles. The molecule has 0 radical (unpaired) electrons. The Bertz CT molecular complexity index is 454. The summed E-state index contributed by atoms with van der Waals surface area (Å²) >= 11 is 0. The summed E-state index contributed by atoms with van der Waals surface area (Å²) in [5.74, 6) is -1.32. The Morgan fingerprint density at radius 3 is 2.53 bits per heavy atom. The minimum atomic E-state index is -0.491. The molecule has 5 heteroatoms. The van der Waals surface area contributed by atoms with Crippen molar-refractivity contribution in [3.05, 3.63) is 35.1 Å². The molecule has 1 aromatic rings. The van der Waals surface area contributed by atoms with Crippen LogP contribution in [-0.2, 0) is 9.53 Å². The van der Waals surface area contributed by atoms with E-state index in [1.807, 2.05) is 6.92 Å². The van der Waals surface area contributed by atoms with E-state index in [9.17, 15) is 14.0 Å². The fourth-order valence-corrected chi connectivity index (χ4v) is 1.79. The van der Waals surface area contributed by atoms with Gasteiger partial charge in [0.1, 0.15) is 12.4 Å². The fraction of sp³-hybridized carbons (Fsp3) is 0.429. The van der Waals surface area contributed by atoms with Gasteiger partial charge in [-0.3, -0.25) is 9.59 Å². The van der Waals surface area contributed by atoms with Crippen LogP contribution in [0.25, 0.3) is 0 Å². The first kappa shape index (κ1) is 15.1. The first-order valence-electron chi connectivity index (χ1n) is 6.11. The first-order valence-corrected chi connectivity index (χ1v) is 6.11. The molecular formula is C14H18FNO3. The Morgan fingerprint density at radius 1 is 1.32 bits per heavy atom. The molecule has 104 valence electrons. The van der Waals surface area contributed by atoms with E-state index in [1.165, 1.54) is 24.1 Å². The molecule has 0 aromatic heterocycles. The molecule has 0 spiro atoms. The van der Waals surface area contributed by atoms with Crippen molar-refractivity contribution in [2.24, 2.45) is 0 Å². The lowest BCUT2D eigenvalue weighted by atomic mass is 10.1. The predicted octanol–water partition coefficient (Wildman–Crippen LogP) is 2.16. The summed E-state index contributed by atoms with van der Waals surface area (Å²) in [4.78, 5) is 24.9. The van der Waals surface area contributed by atoms with Crippen molar-refractivity contribution in [3.63, 3.8) is 0 Å². The highest BCUT2D eigenvalue weighted by Crippen LogP contribution is 2.11. The third kappa shape index (κ3) is 4.35. The summed E-state index contributed by atoms with van der Waals surface area (Å²) in [6, 6.07) is 4.13. The van der Waals surface area contributed by atoms with Gasteiger partial charge in [0.2, 0.25) is 0 Å². The number of amides is 1. The van der Waals surface area contributed by atoms with Crippen LogP contribution < -0.4 is 0 Å². The molecule has 0 fully saturated rings. The molecule has 0 bridgehead atoms. The third-order valence-electron chi connectivity index (χ3n) is 2.62. The van der Waals surface area contributed by atoms with Gasteiger partial charge in [0.25, 0.3) is 5.91 Å². The molecule has 0 aliphatic carbocycles. The van der Waals surface area contributed by atoms with Crippen molar-refractivity contribution < 1.29 is 18.7 Å². The minimum Gasteiger partial charge on any atom is -0.468 e. The van der Waals surface area contributed by atoms with Crippen LogP contribution in [0.1, 0.15) is 29.3 Å². The van der Waals surface area contributed by atoms with E-state index in [1.54, 1.807) is 13.0 Å². The van der Waals surface area contributed by atoms with Crippen molar-refractivity contribution in [1.82, 2.24) is 4.90 Å². The number of hydrogen-bond acceptors (Lipinski definition) is 3. The first-order chi connectivity index (χ1) is 8.97. The van der Waals surface area contributed by atoms with Crippen LogP contribution in [0.4, 0.5) is 4.39 Å². The van der Waals surface area contributed by atoms with Gasteiger partial charge < -0.3 is 9.64 Å². The number of nitrogens with zero attached hydrogens (tertiary/aromatic N) is 1. The molecule has 1 aromatic carbocycles. The van der Waals surface area contributed by atoms with E-state index < -0.39 is 11.8 Å². The van der Waals surface area contributed by atoms with Gasteiger partial charge in [-0.1, -0.05) is 6.92 Å². The van der Waals surface area contributed by atoms with Crippen molar-refractivity contribution in [3.8, 4) is 0 Å². The Morgan fingerprint density at radius 2 is 2.00 bits per heavy atom. The number of rotatable bonds is 5. The van der Waals surface area contributed by atoms with E-state index in [0.717, 1.165) is 0 Å². The van der Waals surface area contributed by atoms with Crippen molar-refractivity contribution in [2.75, 3.05) is 20.2 Å². The smallest absolute Gasteiger partial charge is 0.325 e. The van der Waals surface area contributed by atoms with Crippen molar-refractivity contribution in [2.45, 2.75) is 20.3 Å². The van der Waals surface area contributed by atoms with E-state index >= 15 is 0 Å². The largest absolute Gasteiger partial charge is 0.468 e. The van der Waals surface area contributed by atoms with Crippen LogP contribution in [0.2, 0.25) is 0 Å². The van der Waals surface area contributed by atoms with E-state index in [0.29, 0.717) is 18.5 Å². The summed E-state index contributed by atoms with van der Waals surface area (Å²) in [5, 5.41) is 0. The maximum atomic E-state index is 13.3. The van der Waals surface area contributed by atoms with Crippen molar-refractivity contribution in [1.29, 1.82) is 0 Å². The Hall–Kier alpha value is -1.91. The molecule has 0 atom stereocenters. The zero-order valence-electron chi connectivity index (χ0n) is 11.4. The van der Waals surface area contributed by atoms with E-state index in [-0.39, 0.29) is 18.0 Å². The zero-order chi connectivity index (χ0) is 14.4. The normalized spacial score (nSPS) is 10.1. The molecule has 1 amide bonds. The Labute approximate surface area is 112 Å². The number of methoxy groups -OCH3 is 1. The molecule has 0 saturated heterocycles. The van der Waals surface area contributed by atoms with Crippen LogP contribution in [0, 0.1) is 12.7 Å². The maximum Gasteiger partial charge on any atom is 0.325 e. The number of ether oxygens (including phenoxy) is 1. The second kappa shape index (κ2) is 6.87. The number of hydrogen-bond donors (Lipinski definition) is 0. The summed E-state index contributed by atoms with van der Waals surface area (Å²) < 4.78 is 17.9. The number of carbonyl (C=O) groups is 2. The Kier molecular flexibility index (Phi) is 5.48. The number of esters is 1. The summed E-state index contributed by atoms with van der Waals surface area (Å²) in [7, 11) is 1.27. The lowest BCUT2D eigenvalue weighted by Crippen LogP contribution is -2.36. The van der Waals surface area contributed by atoms with Gasteiger partial charge in [-0.25, -0.2) is 4.39 Å². The molecule has 0 aliphatic heterocycles. The highest BCUT2D eigenvalue weighted by molar-refractivity contribution is 5.96. The van der Waals surface area contributed by atoms with Gasteiger partial charge in [-0.15, -0.1) is 0 Å². The van der Waals surface area contributed by atoms with Gasteiger partial charge in [0.05, 0.1) is 7.11 Å². The molecule has 4 nitrogen and oxygen atoms in total. The Balaban J connectivity index is 2.94. The molecule has 0 N–H and O–H groups in total. The van der Waals surface area contributed by atoms with Crippen molar-refractivity contribution >= 4 is 11.9 Å². The standard InChI is InChI=1S/C14H18FNO3/c1-4-5-16(9-13(17)19-3)14(18)11-6-10(2)7-12(15)8-11/h6-8H,4-5,9H2,1-3H3. The molecule has 0 aliphatic rings. The number of halogens is 1. The van der Waals surface area contributed by atoms with Gasteiger partial charge in [-0.05, 0) is 37.1 Å². The molecule has 1 rings (SSSR count).